The molecule has 0 radical (unpaired) electrons. The molecule has 0 saturated carbocycles. The Labute approximate surface area is 453 Å². The number of nitrogen functional groups attached to an aromatic ring is 1. The Morgan fingerprint density at radius 1 is 0.693 bits per heavy atom. The zero-order valence-electron chi connectivity index (χ0n) is 45.6. The molecule has 4 heterocycles. The second-order valence-corrected chi connectivity index (χ2v) is 32.7. The van der Waals surface area contributed by atoms with Crippen LogP contribution in [0, 0.1) is 0 Å². The number of anilines is 3. The molecule has 2 fully saturated rings. The smallest absolute Gasteiger partial charge is 0.278 e. The van der Waals surface area contributed by atoms with E-state index in [4.69, 9.17) is 10.5 Å². The minimum absolute atomic E-state index is 0.0549. The fourth-order valence-corrected chi connectivity index (χ4v) is 16.0. The first kappa shape index (κ1) is 57.2. The number of aromatic amines is 1. The zero-order chi connectivity index (χ0) is 54.1. The van der Waals surface area contributed by atoms with E-state index in [1.165, 1.54) is 46.7 Å². The number of hydrogen-bond acceptors (Lipinski definition) is 15. The van der Waals surface area contributed by atoms with E-state index in [1.807, 2.05) is 28.2 Å². The maximum atomic E-state index is 13.1. The molecule has 10 rings (SSSR count). The highest BCUT2D eigenvalue weighted by Crippen LogP contribution is 2.43. The lowest BCUT2D eigenvalue weighted by Crippen LogP contribution is -2.45. The molecule has 2 aromatic carbocycles. The van der Waals surface area contributed by atoms with Gasteiger partial charge in [-0.2, -0.15) is 18.6 Å². The average molecular weight is 1160 g/mol. The number of halogens is 1. The van der Waals surface area contributed by atoms with Gasteiger partial charge in [0.1, 0.15) is 6.73 Å². The van der Waals surface area contributed by atoms with Crippen molar-refractivity contribution in [2.75, 3.05) is 72.0 Å². The predicted molar refractivity (Wildman–Crippen MR) is 298 cm³/mol. The Morgan fingerprint density at radius 3 is 1.56 bits per heavy atom. The van der Waals surface area contributed by atoms with Crippen LogP contribution in [-0.2, 0) is 82.9 Å². The minimum atomic E-state index is -3.72. The second-order valence-electron chi connectivity index (χ2n) is 22.7. The number of sulfonamides is 2. The minimum Gasteiger partial charge on any atom is -0.398 e. The third-order valence-corrected chi connectivity index (χ3v) is 21.6. The van der Waals surface area contributed by atoms with Gasteiger partial charge in [0.2, 0.25) is 10.7 Å². The fourth-order valence-electron chi connectivity index (χ4n) is 12.0. The number of nitrogens with zero attached hydrogens (tertiary/aromatic N) is 9. The summed E-state index contributed by atoms with van der Waals surface area (Å²) >= 11 is 3.19. The van der Waals surface area contributed by atoms with E-state index in [0.29, 0.717) is 44.9 Å². The van der Waals surface area contributed by atoms with E-state index in [0.717, 1.165) is 142 Å². The number of Topliss-reactive ketones (excluding diaryl/α,β-unsaturated/α-hetero) is 2. The SMILES string of the molecule is CC(=O)c1c2c(c(N)c3c1CCC3)CCC2.CC(=O)c1c2c(c(Nc3n[nH]c(S(=O)(=O)N4CCC(N(C)C)CC4)n3)c3c1CCC3)CCC2.CN(C)C1CCN(S(=O)(=O)c2nc(Br)nn2COCC[Si](C)(C)C)CC1. The van der Waals surface area contributed by atoms with Crippen LogP contribution in [0.4, 0.5) is 17.3 Å². The number of fused-ring (bicyclic) bond motifs is 4. The monoisotopic (exact) mass is 1150 g/mol. The van der Waals surface area contributed by atoms with Crippen molar-refractivity contribution in [2.45, 2.75) is 171 Å². The molecule has 412 valence electrons. The number of carbonyl (C=O) groups is 2. The number of hydrogen-bond donors (Lipinski definition) is 3. The Bertz CT molecular complexity index is 2920. The van der Waals surface area contributed by atoms with Gasteiger partial charge in [0.05, 0.1) is 0 Å². The van der Waals surface area contributed by atoms with Crippen molar-refractivity contribution in [2.24, 2.45) is 0 Å². The largest absolute Gasteiger partial charge is 0.398 e. The van der Waals surface area contributed by atoms with E-state index >= 15 is 0 Å². The molecule has 0 amide bonds. The predicted octanol–water partition coefficient (Wildman–Crippen LogP) is 6.96. The first-order chi connectivity index (χ1) is 35.5. The highest BCUT2D eigenvalue weighted by Gasteiger charge is 2.37. The van der Waals surface area contributed by atoms with Gasteiger partial charge >= 0.3 is 0 Å². The second kappa shape index (κ2) is 23.6. The number of ketones is 2. The summed E-state index contributed by atoms with van der Waals surface area (Å²) in [6.45, 7) is 12.8. The van der Waals surface area contributed by atoms with Crippen molar-refractivity contribution in [3.8, 4) is 0 Å². The van der Waals surface area contributed by atoms with E-state index in [-0.39, 0.29) is 39.3 Å². The van der Waals surface area contributed by atoms with Crippen LogP contribution >= 0.6 is 15.9 Å². The van der Waals surface area contributed by atoms with Gasteiger partial charge in [0.25, 0.3) is 30.4 Å². The summed E-state index contributed by atoms with van der Waals surface area (Å²) in [7, 11) is -0.488. The van der Waals surface area contributed by atoms with Crippen LogP contribution in [0.15, 0.2) is 15.0 Å². The highest BCUT2D eigenvalue weighted by molar-refractivity contribution is 9.10. The molecule has 4 aromatic rings. The number of nitrogens with one attached hydrogen (secondary N) is 2. The van der Waals surface area contributed by atoms with Crippen molar-refractivity contribution in [1.82, 2.24) is 48.4 Å². The molecular formula is C52H79BrN12O7S2Si. The molecule has 2 aromatic heterocycles. The summed E-state index contributed by atoms with van der Waals surface area (Å²) in [4.78, 5) is 37.0. The van der Waals surface area contributed by atoms with Crippen molar-refractivity contribution in [3.05, 3.63) is 60.4 Å². The lowest BCUT2D eigenvalue weighted by molar-refractivity contribution is 0.0708. The molecule has 0 unspecified atom stereocenters. The number of benzene rings is 2. The molecular weight excluding hydrogens is 1080 g/mol. The molecule has 75 heavy (non-hydrogen) atoms. The van der Waals surface area contributed by atoms with Crippen LogP contribution in [0.3, 0.4) is 0 Å². The van der Waals surface area contributed by atoms with Crippen LogP contribution in [0.5, 0.6) is 0 Å². The van der Waals surface area contributed by atoms with Crippen LogP contribution in [-0.4, -0.2) is 158 Å². The first-order valence-corrected chi connectivity index (χ1v) is 34.2. The van der Waals surface area contributed by atoms with Crippen molar-refractivity contribution in [3.63, 3.8) is 0 Å². The average Bonchev–Trinajstić information content (AvgIpc) is 4.23. The van der Waals surface area contributed by atoms with Gasteiger partial charge in [0.15, 0.2) is 11.6 Å². The summed E-state index contributed by atoms with van der Waals surface area (Å²) in [5, 5.41) is 14.1. The lowest BCUT2D eigenvalue weighted by atomic mass is 9.90. The Morgan fingerprint density at radius 2 is 1.12 bits per heavy atom. The standard InChI is InChI=1S/C23H32N6O3S.C15H30BrN5O3SSi.C14H17NO/c1-14(30)20-16-6-4-8-18(16)21(19-9-5-7-17(19)20)24-22-25-23(27-26-22)33(31,32)29-12-10-15(11-13-29)28(2)3;1-19(2)13-6-8-20(9-7-13)25(22,23)15-17-14(16)18-21(15)12-24-10-11-26(3,4)5;1-8(16)13-9-4-2-6-11(9)14(15)12-7-3-5-10(12)13/h15H,4-13H2,1-3H3,(H2,24,25,26,27);13H,6-12H2,1-5H3;2-7,15H2,1H3. The van der Waals surface area contributed by atoms with Crippen LogP contribution in [0.2, 0.25) is 25.7 Å². The topological polar surface area (TPSA) is 235 Å². The van der Waals surface area contributed by atoms with Crippen molar-refractivity contribution < 1.29 is 31.2 Å². The van der Waals surface area contributed by atoms with E-state index < -0.39 is 28.1 Å². The number of carbonyl (C=O) groups excluding carboxylic acids is 2. The molecule has 2 saturated heterocycles. The molecule has 4 aliphatic carbocycles. The van der Waals surface area contributed by atoms with Crippen molar-refractivity contribution >= 4 is 72.9 Å². The number of H-pyrrole nitrogens is 1. The van der Waals surface area contributed by atoms with Gasteiger partial charge in [-0.05, 0) is 211 Å². The number of aromatic nitrogens is 6. The Kier molecular flexibility index (Phi) is 18.0. The summed E-state index contributed by atoms with van der Waals surface area (Å²) in [5.74, 6) is 0.633. The third kappa shape index (κ3) is 12.5. The number of piperidine rings is 2. The maximum absolute atomic E-state index is 13.1. The molecule has 0 bridgehead atoms. The molecule has 0 spiro atoms. The van der Waals surface area contributed by atoms with Gasteiger partial charge in [-0.25, -0.2) is 26.6 Å². The number of ether oxygens (including phenoxy) is 1. The van der Waals surface area contributed by atoms with E-state index in [9.17, 15) is 26.4 Å². The van der Waals surface area contributed by atoms with Crippen LogP contribution in [0.25, 0.3) is 0 Å². The summed E-state index contributed by atoms with van der Waals surface area (Å²) < 4.78 is 62.5. The summed E-state index contributed by atoms with van der Waals surface area (Å²) in [6.07, 6.45) is 15.4. The van der Waals surface area contributed by atoms with Crippen molar-refractivity contribution in [1.29, 1.82) is 0 Å². The van der Waals surface area contributed by atoms with Gasteiger partial charge < -0.3 is 25.6 Å². The van der Waals surface area contributed by atoms with Gasteiger partial charge in [-0.3, -0.25) is 9.59 Å². The lowest BCUT2D eigenvalue weighted by Gasteiger charge is -2.34. The van der Waals surface area contributed by atoms with Crippen LogP contribution < -0.4 is 11.1 Å². The van der Waals surface area contributed by atoms with Gasteiger partial charge in [0, 0.05) is 75.4 Å². The molecule has 23 heteroatoms. The Balaban J connectivity index is 0.000000158. The number of nitrogens with two attached hydrogens (primary N) is 1. The first-order valence-electron chi connectivity index (χ1n) is 26.8. The van der Waals surface area contributed by atoms with Gasteiger partial charge in [-0.15, -0.1) is 10.2 Å². The molecule has 19 nitrogen and oxygen atoms in total. The van der Waals surface area contributed by atoms with E-state index in [1.54, 1.807) is 13.8 Å². The normalized spacial score (nSPS) is 18.3. The third-order valence-electron chi connectivity index (χ3n) is 16.0. The highest BCUT2D eigenvalue weighted by atomic mass is 79.9. The van der Waals surface area contributed by atoms with Gasteiger partial charge in [-0.1, -0.05) is 19.6 Å². The maximum Gasteiger partial charge on any atom is 0.278 e. The Hall–Kier alpha value is -3.94. The fraction of sp³-hybridized carbons (Fsp3) is 0.654. The van der Waals surface area contributed by atoms with E-state index in [2.05, 4.69) is 76.0 Å². The quantitative estimate of drug-likeness (QED) is 0.0472. The van der Waals surface area contributed by atoms with Crippen LogP contribution in [0.1, 0.15) is 130 Å². The molecule has 6 aliphatic rings. The summed E-state index contributed by atoms with van der Waals surface area (Å²) in [5.41, 5.74) is 19.9. The molecule has 2 aliphatic heterocycles. The molecule has 0 atom stereocenters. The number of rotatable bonds is 15. The molecule has 4 N–H and O–H groups in total. The zero-order valence-corrected chi connectivity index (χ0v) is 49.8. The summed E-state index contributed by atoms with van der Waals surface area (Å²) in [6, 6.07) is 1.82.